The maximum absolute atomic E-state index is 12.3. The predicted molar refractivity (Wildman–Crippen MR) is 113 cm³/mol. The summed E-state index contributed by atoms with van der Waals surface area (Å²) in [5, 5.41) is 3.22. The number of furan rings is 1. The number of ether oxygens (including phenoxy) is 1. The predicted octanol–water partition coefficient (Wildman–Crippen LogP) is 2.88. The normalized spacial score (nSPS) is 11.1. The SMILES string of the molecule is O=C(COC(=O)c1ccc(S(=O)(=O)NCc2ccco2)cc1)NCc1ccc(Cl)cc1. The minimum Gasteiger partial charge on any atom is -0.468 e. The van der Waals surface area contributed by atoms with Crippen LogP contribution in [0.1, 0.15) is 21.7 Å². The van der Waals surface area contributed by atoms with Crippen LogP contribution < -0.4 is 10.0 Å². The minimum atomic E-state index is -3.78. The van der Waals surface area contributed by atoms with E-state index >= 15 is 0 Å². The van der Waals surface area contributed by atoms with Gasteiger partial charge in [0.2, 0.25) is 10.0 Å². The van der Waals surface area contributed by atoms with Gasteiger partial charge in [-0.2, -0.15) is 0 Å². The fourth-order valence-electron chi connectivity index (χ4n) is 2.50. The highest BCUT2D eigenvalue weighted by Gasteiger charge is 2.16. The Kier molecular flexibility index (Phi) is 7.45. The van der Waals surface area contributed by atoms with Crippen molar-refractivity contribution in [1.29, 1.82) is 0 Å². The number of benzene rings is 2. The maximum atomic E-state index is 12.3. The first-order valence-electron chi connectivity index (χ1n) is 9.14. The summed E-state index contributed by atoms with van der Waals surface area (Å²) in [6, 6.07) is 15.4. The third kappa shape index (κ3) is 6.68. The molecule has 31 heavy (non-hydrogen) atoms. The van der Waals surface area contributed by atoms with E-state index < -0.39 is 28.5 Å². The lowest BCUT2D eigenvalue weighted by Crippen LogP contribution is -2.28. The molecule has 0 saturated carbocycles. The van der Waals surface area contributed by atoms with Crippen LogP contribution in [-0.2, 0) is 32.6 Å². The van der Waals surface area contributed by atoms with Crippen LogP contribution in [0.3, 0.4) is 0 Å². The second-order valence-electron chi connectivity index (χ2n) is 6.41. The molecule has 2 aromatic carbocycles. The number of sulfonamides is 1. The zero-order chi connectivity index (χ0) is 22.3. The third-order valence-corrected chi connectivity index (χ3v) is 5.82. The largest absolute Gasteiger partial charge is 0.468 e. The molecule has 0 unspecified atom stereocenters. The quantitative estimate of drug-likeness (QED) is 0.472. The Morgan fingerprint density at radius 3 is 2.32 bits per heavy atom. The molecule has 2 N–H and O–H groups in total. The van der Waals surface area contributed by atoms with Gasteiger partial charge < -0.3 is 14.5 Å². The average Bonchev–Trinajstić information content (AvgIpc) is 3.30. The average molecular weight is 463 g/mol. The van der Waals surface area contributed by atoms with Gasteiger partial charge in [-0.05, 0) is 54.1 Å². The molecule has 3 aromatic rings. The van der Waals surface area contributed by atoms with Crippen molar-refractivity contribution in [3.05, 3.63) is 88.8 Å². The molecule has 0 radical (unpaired) electrons. The molecular weight excluding hydrogens is 444 g/mol. The molecule has 8 nitrogen and oxygen atoms in total. The van der Waals surface area contributed by atoms with Crippen molar-refractivity contribution in [2.24, 2.45) is 0 Å². The summed E-state index contributed by atoms with van der Waals surface area (Å²) in [5.41, 5.74) is 0.969. The Balaban J connectivity index is 1.48. The van der Waals surface area contributed by atoms with Crippen LogP contribution in [0, 0.1) is 0 Å². The topological polar surface area (TPSA) is 115 Å². The third-order valence-electron chi connectivity index (χ3n) is 4.15. The second-order valence-corrected chi connectivity index (χ2v) is 8.61. The van der Waals surface area contributed by atoms with E-state index in [2.05, 4.69) is 10.0 Å². The molecule has 1 amide bonds. The van der Waals surface area contributed by atoms with Crippen molar-refractivity contribution >= 4 is 33.5 Å². The smallest absolute Gasteiger partial charge is 0.338 e. The summed E-state index contributed by atoms with van der Waals surface area (Å²) in [6.07, 6.45) is 1.45. The van der Waals surface area contributed by atoms with Crippen molar-refractivity contribution in [2.75, 3.05) is 6.61 Å². The Morgan fingerprint density at radius 1 is 0.968 bits per heavy atom. The molecule has 0 fully saturated rings. The van der Waals surface area contributed by atoms with Gasteiger partial charge in [0.25, 0.3) is 5.91 Å². The van der Waals surface area contributed by atoms with Crippen LogP contribution in [0.4, 0.5) is 0 Å². The molecule has 0 aliphatic rings. The molecule has 162 valence electrons. The van der Waals surface area contributed by atoms with Crippen molar-refractivity contribution in [3.63, 3.8) is 0 Å². The molecular formula is C21H19ClN2O6S. The van der Waals surface area contributed by atoms with Crippen LogP contribution in [-0.4, -0.2) is 26.9 Å². The summed E-state index contributed by atoms with van der Waals surface area (Å²) in [7, 11) is -3.78. The number of esters is 1. The zero-order valence-corrected chi connectivity index (χ0v) is 17.8. The Morgan fingerprint density at radius 2 is 1.68 bits per heavy atom. The van der Waals surface area contributed by atoms with Crippen LogP contribution in [0.15, 0.2) is 76.2 Å². The number of rotatable bonds is 9. The number of hydrogen-bond donors (Lipinski definition) is 2. The van der Waals surface area contributed by atoms with E-state index in [0.717, 1.165) is 5.56 Å². The first-order chi connectivity index (χ1) is 14.8. The van der Waals surface area contributed by atoms with Crippen LogP contribution in [0.25, 0.3) is 0 Å². The Labute approximate surface area is 184 Å². The highest BCUT2D eigenvalue weighted by Crippen LogP contribution is 2.13. The van der Waals surface area contributed by atoms with Gasteiger partial charge in [-0.15, -0.1) is 0 Å². The lowest BCUT2D eigenvalue weighted by atomic mass is 10.2. The fourth-order valence-corrected chi connectivity index (χ4v) is 3.62. The van der Waals surface area contributed by atoms with Gasteiger partial charge in [0, 0.05) is 11.6 Å². The summed E-state index contributed by atoms with van der Waals surface area (Å²) < 4.78 is 37.1. The molecule has 0 spiro atoms. The van der Waals surface area contributed by atoms with E-state index in [1.54, 1.807) is 36.4 Å². The molecule has 0 saturated heterocycles. The van der Waals surface area contributed by atoms with Gasteiger partial charge in [-0.25, -0.2) is 17.9 Å². The highest BCUT2D eigenvalue weighted by molar-refractivity contribution is 7.89. The lowest BCUT2D eigenvalue weighted by molar-refractivity contribution is -0.124. The van der Waals surface area contributed by atoms with E-state index in [0.29, 0.717) is 10.8 Å². The first-order valence-corrected chi connectivity index (χ1v) is 11.0. The maximum Gasteiger partial charge on any atom is 0.338 e. The fraction of sp³-hybridized carbons (Fsp3) is 0.143. The van der Waals surface area contributed by atoms with E-state index in [1.165, 1.54) is 30.5 Å². The van der Waals surface area contributed by atoms with Gasteiger partial charge in [0.15, 0.2) is 6.61 Å². The minimum absolute atomic E-state index is 0.00422. The molecule has 1 heterocycles. The van der Waals surface area contributed by atoms with Crippen molar-refractivity contribution in [1.82, 2.24) is 10.0 Å². The number of nitrogens with one attached hydrogen (secondary N) is 2. The lowest BCUT2D eigenvalue weighted by Gasteiger charge is -2.08. The number of halogens is 1. The molecule has 1 aromatic heterocycles. The van der Waals surface area contributed by atoms with Crippen LogP contribution >= 0.6 is 11.6 Å². The van der Waals surface area contributed by atoms with Gasteiger partial charge >= 0.3 is 5.97 Å². The van der Waals surface area contributed by atoms with E-state index in [9.17, 15) is 18.0 Å². The number of amides is 1. The summed E-state index contributed by atoms with van der Waals surface area (Å²) in [4.78, 5) is 24.0. The number of hydrogen-bond acceptors (Lipinski definition) is 6. The van der Waals surface area contributed by atoms with E-state index in [1.807, 2.05) is 0 Å². The Bertz CT molecular complexity index is 1130. The Hall–Kier alpha value is -3.14. The molecule has 0 aliphatic carbocycles. The summed E-state index contributed by atoms with van der Waals surface area (Å²) in [6.45, 7) is -0.188. The zero-order valence-electron chi connectivity index (χ0n) is 16.2. The molecule has 0 atom stereocenters. The molecule has 0 bridgehead atoms. The van der Waals surface area contributed by atoms with Crippen molar-refractivity contribution in [2.45, 2.75) is 18.0 Å². The summed E-state index contributed by atoms with van der Waals surface area (Å²) in [5.74, 6) is -0.739. The first kappa shape index (κ1) is 22.5. The van der Waals surface area contributed by atoms with Crippen molar-refractivity contribution < 1.29 is 27.2 Å². The van der Waals surface area contributed by atoms with E-state index in [-0.39, 0.29) is 23.5 Å². The highest BCUT2D eigenvalue weighted by atomic mass is 35.5. The standard InChI is InChI=1S/C21H19ClN2O6S/c22-17-7-3-15(4-8-17)12-23-20(25)14-30-21(26)16-5-9-19(10-6-16)31(27,28)24-13-18-2-1-11-29-18/h1-11,24H,12-14H2,(H,23,25). The molecule has 0 aliphatic heterocycles. The van der Waals surface area contributed by atoms with Gasteiger partial charge in [0.05, 0.1) is 23.3 Å². The van der Waals surface area contributed by atoms with Gasteiger partial charge in [-0.1, -0.05) is 23.7 Å². The van der Waals surface area contributed by atoms with Gasteiger partial charge in [-0.3, -0.25) is 4.79 Å². The summed E-state index contributed by atoms with van der Waals surface area (Å²) >= 11 is 5.80. The van der Waals surface area contributed by atoms with Crippen LogP contribution in [0.5, 0.6) is 0 Å². The van der Waals surface area contributed by atoms with Gasteiger partial charge in [0.1, 0.15) is 5.76 Å². The monoisotopic (exact) mass is 462 g/mol. The van der Waals surface area contributed by atoms with Crippen LogP contribution in [0.2, 0.25) is 5.02 Å². The number of carbonyl (C=O) groups is 2. The molecule has 3 rings (SSSR count). The van der Waals surface area contributed by atoms with E-state index in [4.69, 9.17) is 20.8 Å². The van der Waals surface area contributed by atoms with Crippen molar-refractivity contribution in [3.8, 4) is 0 Å². The molecule has 10 heteroatoms. The second kappa shape index (κ2) is 10.3. The number of carbonyl (C=O) groups excluding carboxylic acids is 2.